The van der Waals surface area contributed by atoms with Crippen molar-refractivity contribution in [3.8, 4) is 5.75 Å². The van der Waals surface area contributed by atoms with Gasteiger partial charge in [-0.3, -0.25) is 4.90 Å². The van der Waals surface area contributed by atoms with Crippen molar-refractivity contribution in [1.29, 1.82) is 0 Å². The van der Waals surface area contributed by atoms with Crippen molar-refractivity contribution in [2.24, 2.45) is 0 Å². The number of aliphatic hydroxyl groups is 1. The monoisotopic (exact) mass is 436 g/mol. The Morgan fingerprint density at radius 1 is 1.10 bits per heavy atom. The Balaban J connectivity index is 1.51. The molecule has 30 heavy (non-hydrogen) atoms. The molecular weight excluding hydrogens is 407 g/mol. The molecule has 1 unspecified atom stereocenters. The molecule has 0 saturated carbocycles. The Morgan fingerprint density at radius 3 is 2.60 bits per heavy atom. The van der Waals surface area contributed by atoms with Crippen LogP contribution in [0.4, 0.5) is 4.39 Å². The quantitative estimate of drug-likeness (QED) is 0.689. The molecule has 0 spiro atoms. The number of aryl methyl sites for hydroxylation is 1. The summed E-state index contributed by atoms with van der Waals surface area (Å²) in [6.45, 7) is 4.60. The number of rotatable bonds is 8. The van der Waals surface area contributed by atoms with E-state index in [-0.39, 0.29) is 11.5 Å². The summed E-state index contributed by atoms with van der Waals surface area (Å²) < 4.78 is 45.9. The second-order valence-electron chi connectivity index (χ2n) is 7.48. The van der Waals surface area contributed by atoms with E-state index >= 15 is 0 Å². The van der Waals surface area contributed by atoms with Crippen LogP contribution in [0, 0.1) is 5.82 Å². The zero-order valence-electron chi connectivity index (χ0n) is 17.2. The first-order valence-electron chi connectivity index (χ1n) is 10.3. The van der Waals surface area contributed by atoms with Crippen LogP contribution in [-0.4, -0.2) is 68.2 Å². The van der Waals surface area contributed by atoms with Crippen molar-refractivity contribution in [3.05, 3.63) is 59.9 Å². The second-order valence-corrected chi connectivity index (χ2v) is 9.42. The molecule has 3 rings (SSSR count). The highest BCUT2D eigenvalue weighted by Gasteiger charge is 2.27. The minimum Gasteiger partial charge on any atom is -0.491 e. The predicted molar refractivity (Wildman–Crippen MR) is 114 cm³/mol. The maximum absolute atomic E-state index is 13.1. The van der Waals surface area contributed by atoms with E-state index in [9.17, 15) is 17.9 Å². The Kier molecular flexibility index (Phi) is 7.82. The van der Waals surface area contributed by atoms with Crippen molar-refractivity contribution in [2.75, 3.05) is 39.3 Å². The lowest BCUT2D eigenvalue weighted by Crippen LogP contribution is -2.39. The lowest BCUT2D eigenvalue weighted by atomic mass is 10.2. The molecule has 0 radical (unpaired) electrons. The number of nitrogens with zero attached hydrogens (tertiary/aromatic N) is 2. The van der Waals surface area contributed by atoms with Crippen molar-refractivity contribution >= 4 is 10.0 Å². The van der Waals surface area contributed by atoms with E-state index in [4.69, 9.17) is 4.74 Å². The van der Waals surface area contributed by atoms with Gasteiger partial charge in [0, 0.05) is 26.2 Å². The maximum atomic E-state index is 13.1. The highest BCUT2D eigenvalue weighted by Crippen LogP contribution is 2.19. The SMILES string of the molecule is CCc1cccc(OCC(O)CN2CCCN(S(=O)(=O)c3ccc(F)cc3)CC2)c1. The zero-order chi connectivity index (χ0) is 21.6. The van der Waals surface area contributed by atoms with E-state index in [1.165, 1.54) is 22.0 Å². The van der Waals surface area contributed by atoms with Crippen LogP contribution in [0.2, 0.25) is 0 Å². The smallest absolute Gasteiger partial charge is 0.243 e. The highest BCUT2D eigenvalue weighted by molar-refractivity contribution is 7.89. The third-order valence-electron chi connectivity index (χ3n) is 5.22. The van der Waals surface area contributed by atoms with Gasteiger partial charge in [0.25, 0.3) is 0 Å². The topological polar surface area (TPSA) is 70.1 Å². The number of ether oxygens (including phenoxy) is 1. The average Bonchev–Trinajstić information content (AvgIpc) is 2.99. The number of halogens is 1. The summed E-state index contributed by atoms with van der Waals surface area (Å²) >= 11 is 0. The Hall–Kier alpha value is -2.00. The summed E-state index contributed by atoms with van der Waals surface area (Å²) in [6, 6.07) is 12.7. The molecule has 0 aliphatic carbocycles. The molecule has 1 heterocycles. The van der Waals surface area contributed by atoms with E-state index in [1.54, 1.807) is 0 Å². The lowest BCUT2D eigenvalue weighted by molar-refractivity contribution is 0.0699. The van der Waals surface area contributed by atoms with Gasteiger partial charge in [0.05, 0.1) is 4.90 Å². The first-order chi connectivity index (χ1) is 14.4. The van der Waals surface area contributed by atoms with Gasteiger partial charge >= 0.3 is 0 Å². The van der Waals surface area contributed by atoms with Crippen molar-refractivity contribution < 1.29 is 22.7 Å². The molecule has 164 valence electrons. The summed E-state index contributed by atoms with van der Waals surface area (Å²) in [7, 11) is -3.65. The number of sulfonamides is 1. The largest absolute Gasteiger partial charge is 0.491 e. The van der Waals surface area contributed by atoms with Crippen LogP contribution in [0.15, 0.2) is 53.4 Å². The third-order valence-corrected chi connectivity index (χ3v) is 7.13. The molecule has 1 atom stereocenters. The van der Waals surface area contributed by atoms with Crippen LogP contribution in [-0.2, 0) is 16.4 Å². The summed E-state index contributed by atoms with van der Waals surface area (Å²) in [4.78, 5) is 2.15. The maximum Gasteiger partial charge on any atom is 0.243 e. The molecule has 0 bridgehead atoms. The number of β-amino-alcohol motifs (C(OH)–C–C–N with tert-alkyl or cyclic N) is 1. The van der Waals surface area contributed by atoms with Crippen LogP contribution in [0.5, 0.6) is 5.75 Å². The number of hydrogen-bond donors (Lipinski definition) is 1. The molecule has 0 amide bonds. The van der Waals surface area contributed by atoms with E-state index < -0.39 is 21.9 Å². The summed E-state index contributed by atoms with van der Waals surface area (Å²) in [5, 5.41) is 10.4. The zero-order valence-corrected chi connectivity index (χ0v) is 18.0. The van der Waals surface area contributed by atoms with E-state index in [2.05, 4.69) is 11.8 Å². The molecule has 0 aromatic heterocycles. The minimum atomic E-state index is -3.65. The van der Waals surface area contributed by atoms with Gasteiger partial charge < -0.3 is 9.84 Å². The Bertz CT molecular complexity index is 921. The van der Waals surface area contributed by atoms with Crippen LogP contribution in [0.3, 0.4) is 0 Å². The molecule has 1 N–H and O–H groups in total. The van der Waals surface area contributed by atoms with Gasteiger partial charge in [0.2, 0.25) is 10.0 Å². The third kappa shape index (κ3) is 6.01. The van der Waals surface area contributed by atoms with Crippen LogP contribution in [0.25, 0.3) is 0 Å². The van der Waals surface area contributed by atoms with E-state index in [1.807, 2.05) is 24.3 Å². The number of benzene rings is 2. The minimum absolute atomic E-state index is 0.0973. The van der Waals surface area contributed by atoms with Gasteiger partial charge in [-0.05, 0) is 61.3 Å². The normalized spacial score (nSPS) is 17.4. The fourth-order valence-electron chi connectivity index (χ4n) is 3.52. The lowest BCUT2D eigenvalue weighted by Gasteiger charge is -2.24. The summed E-state index contributed by atoms with van der Waals surface area (Å²) in [5.74, 6) is 0.273. The highest BCUT2D eigenvalue weighted by atomic mass is 32.2. The van der Waals surface area contributed by atoms with Crippen LogP contribution in [0.1, 0.15) is 18.9 Å². The summed E-state index contributed by atoms with van der Waals surface area (Å²) in [5.41, 5.74) is 1.18. The fraction of sp³-hybridized carbons (Fsp3) is 0.455. The van der Waals surface area contributed by atoms with Gasteiger partial charge in [-0.2, -0.15) is 4.31 Å². The first-order valence-corrected chi connectivity index (χ1v) is 11.7. The predicted octanol–water partition coefficient (Wildman–Crippen LogP) is 2.52. The van der Waals surface area contributed by atoms with E-state index in [0.29, 0.717) is 39.1 Å². The van der Waals surface area contributed by atoms with Gasteiger partial charge in [-0.25, -0.2) is 12.8 Å². The second kappa shape index (κ2) is 10.3. The van der Waals surface area contributed by atoms with Gasteiger partial charge in [0.15, 0.2) is 0 Å². The molecule has 1 aliphatic heterocycles. The Labute approximate surface area is 177 Å². The molecule has 1 fully saturated rings. The standard InChI is InChI=1S/C22H29FN2O4S/c1-2-18-5-3-6-21(15-18)29-17-20(26)16-24-11-4-12-25(14-13-24)30(27,28)22-9-7-19(23)8-10-22/h3,5-10,15,20,26H,2,4,11-14,16-17H2,1H3. The van der Waals surface area contributed by atoms with Crippen molar-refractivity contribution in [1.82, 2.24) is 9.21 Å². The van der Waals surface area contributed by atoms with Gasteiger partial charge in [0.1, 0.15) is 24.3 Å². The molecule has 1 aliphatic rings. The molecule has 2 aromatic rings. The molecule has 1 saturated heterocycles. The first kappa shape index (κ1) is 22.7. The van der Waals surface area contributed by atoms with Crippen molar-refractivity contribution in [2.45, 2.75) is 30.8 Å². The van der Waals surface area contributed by atoms with Gasteiger partial charge in [-0.15, -0.1) is 0 Å². The van der Waals surface area contributed by atoms with Gasteiger partial charge in [-0.1, -0.05) is 19.1 Å². The van der Waals surface area contributed by atoms with Crippen LogP contribution >= 0.6 is 0 Å². The molecular formula is C22H29FN2O4S. The average molecular weight is 437 g/mol. The van der Waals surface area contributed by atoms with E-state index in [0.717, 1.165) is 24.3 Å². The van der Waals surface area contributed by atoms with Crippen LogP contribution < -0.4 is 4.74 Å². The molecule has 6 nitrogen and oxygen atoms in total. The molecule has 8 heteroatoms. The van der Waals surface area contributed by atoms with Crippen molar-refractivity contribution in [3.63, 3.8) is 0 Å². The fourth-order valence-corrected chi connectivity index (χ4v) is 4.99. The molecule has 2 aromatic carbocycles. The summed E-state index contributed by atoms with van der Waals surface area (Å²) in [6.07, 6.45) is 0.910. The number of aliphatic hydroxyl groups excluding tert-OH is 1. The number of hydrogen-bond acceptors (Lipinski definition) is 5. The Morgan fingerprint density at radius 2 is 1.87 bits per heavy atom.